The first-order chi connectivity index (χ1) is 13.4. The van der Waals surface area contributed by atoms with Gasteiger partial charge in [-0.1, -0.05) is 36.0 Å². The summed E-state index contributed by atoms with van der Waals surface area (Å²) in [5.41, 5.74) is 10.7. The van der Waals surface area contributed by atoms with E-state index in [1.54, 1.807) is 11.8 Å². The predicted molar refractivity (Wildman–Crippen MR) is 107 cm³/mol. The number of nitrogens with one attached hydrogen (secondary N) is 2. The fourth-order valence-corrected chi connectivity index (χ4v) is 4.32. The van der Waals surface area contributed by atoms with E-state index < -0.39 is 12.7 Å². The van der Waals surface area contributed by atoms with Crippen LogP contribution in [0.4, 0.5) is 18.9 Å². The van der Waals surface area contributed by atoms with Crippen LogP contribution < -0.4 is 10.9 Å². The highest BCUT2D eigenvalue weighted by molar-refractivity contribution is 7.99. The van der Waals surface area contributed by atoms with Gasteiger partial charge in [-0.2, -0.15) is 13.2 Å². The summed E-state index contributed by atoms with van der Waals surface area (Å²) < 4.78 is 37.5. The monoisotopic (exact) mass is 403 g/mol. The van der Waals surface area contributed by atoms with E-state index in [0.717, 1.165) is 62.8 Å². The molecule has 2 N–H and O–H groups in total. The molecule has 1 fully saturated rings. The molecule has 0 aromatic heterocycles. The number of rotatable bonds is 4. The summed E-state index contributed by atoms with van der Waals surface area (Å²) in [7, 11) is 0. The second-order valence-electron chi connectivity index (χ2n) is 6.90. The zero-order valence-corrected chi connectivity index (χ0v) is 16.2. The van der Waals surface area contributed by atoms with Crippen LogP contribution in [0.5, 0.6) is 0 Å². The summed E-state index contributed by atoms with van der Waals surface area (Å²) in [6, 6.07) is 14.0. The van der Waals surface area contributed by atoms with Crippen LogP contribution in [0.25, 0.3) is 5.70 Å². The van der Waals surface area contributed by atoms with Crippen molar-refractivity contribution in [2.75, 3.05) is 6.54 Å². The van der Waals surface area contributed by atoms with Crippen LogP contribution in [0.1, 0.15) is 37.3 Å². The van der Waals surface area contributed by atoms with Crippen LogP contribution in [0, 0.1) is 0 Å². The minimum absolute atomic E-state index is 0.734. The molecule has 146 valence electrons. The van der Waals surface area contributed by atoms with Gasteiger partial charge in [0.15, 0.2) is 0 Å². The largest absolute Gasteiger partial charge is 0.402 e. The van der Waals surface area contributed by atoms with E-state index in [9.17, 15) is 13.2 Å². The summed E-state index contributed by atoms with van der Waals surface area (Å²) in [5, 5.41) is 0. The van der Waals surface area contributed by atoms with Crippen molar-refractivity contribution in [3.8, 4) is 0 Å². The van der Waals surface area contributed by atoms with Gasteiger partial charge in [-0.15, -0.1) is 0 Å². The molecule has 2 aliphatic rings. The highest BCUT2D eigenvalue weighted by atomic mass is 32.2. The number of allylic oxidation sites excluding steroid dienone is 1. The first-order valence-corrected chi connectivity index (χ1v) is 9.97. The lowest BCUT2D eigenvalue weighted by atomic mass is 9.88. The highest BCUT2D eigenvalue weighted by Crippen LogP contribution is 2.42. The minimum atomic E-state index is -4.26. The molecule has 0 atom stereocenters. The molecule has 4 rings (SSSR count). The molecule has 1 aliphatic carbocycles. The smallest absolute Gasteiger partial charge is 0.321 e. The maximum absolute atomic E-state index is 12.5. The van der Waals surface area contributed by atoms with Crippen molar-refractivity contribution in [3.05, 3.63) is 59.2 Å². The fraction of sp³-hybridized carbons (Fsp3) is 0.286. The van der Waals surface area contributed by atoms with Gasteiger partial charge in [0.05, 0.1) is 11.4 Å². The Hall–Kier alpha value is -2.25. The molecule has 7 heteroatoms. The number of alkyl halides is 3. The van der Waals surface area contributed by atoms with Crippen molar-refractivity contribution < 1.29 is 13.2 Å². The molecule has 1 saturated carbocycles. The average molecular weight is 403 g/mol. The standard InChI is InChI=1S/C21H20F3N3S/c1-13-16-7-2-3-8-18(16)28-19-10-9-15(11-17(19)26-13)20(14-5-4-6-14)27-25-12-21(22,23)24/h2-3,7-11,25,27H,4-6,12H2,1H3. The summed E-state index contributed by atoms with van der Waals surface area (Å²) in [4.78, 5) is 6.98. The Morgan fingerprint density at radius 2 is 1.89 bits per heavy atom. The normalized spacial score (nSPS) is 15.7. The first kappa shape index (κ1) is 19.1. The van der Waals surface area contributed by atoms with E-state index in [-0.39, 0.29) is 0 Å². The number of nitrogens with zero attached hydrogens (tertiary/aromatic N) is 1. The number of benzene rings is 2. The predicted octanol–water partition coefficient (Wildman–Crippen LogP) is 5.84. The Morgan fingerprint density at radius 3 is 2.61 bits per heavy atom. The number of halogens is 3. The second kappa shape index (κ2) is 7.64. The Kier molecular flexibility index (Phi) is 5.21. The van der Waals surface area contributed by atoms with Crippen molar-refractivity contribution in [1.29, 1.82) is 0 Å². The number of hydrogen-bond acceptors (Lipinski definition) is 4. The number of aliphatic imine (C=N–C) groups is 1. The molecular formula is C21H20F3N3S. The van der Waals surface area contributed by atoms with Crippen LogP contribution in [0.3, 0.4) is 0 Å². The summed E-state index contributed by atoms with van der Waals surface area (Å²) in [6.07, 6.45) is -1.40. The minimum Gasteiger partial charge on any atom is -0.321 e. The molecule has 1 heterocycles. The molecule has 0 saturated heterocycles. The number of fused-ring (bicyclic) bond motifs is 2. The van der Waals surface area contributed by atoms with E-state index in [0.29, 0.717) is 0 Å². The molecule has 0 unspecified atom stereocenters. The van der Waals surface area contributed by atoms with Crippen LogP contribution in [0.2, 0.25) is 0 Å². The Balaban J connectivity index is 1.66. The average Bonchev–Trinajstić information content (AvgIpc) is 2.73. The molecule has 2 aromatic carbocycles. The maximum atomic E-state index is 12.5. The lowest BCUT2D eigenvalue weighted by Crippen LogP contribution is -2.39. The summed E-state index contributed by atoms with van der Waals surface area (Å²) in [5.74, 6) is 0. The van der Waals surface area contributed by atoms with Gasteiger partial charge in [0.1, 0.15) is 6.54 Å². The van der Waals surface area contributed by atoms with Gasteiger partial charge in [-0.05, 0) is 50.0 Å². The topological polar surface area (TPSA) is 36.4 Å². The summed E-state index contributed by atoms with van der Waals surface area (Å²) in [6.45, 7) is 0.896. The van der Waals surface area contributed by atoms with E-state index >= 15 is 0 Å². The third kappa shape index (κ3) is 4.10. The van der Waals surface area contributed by atoms with E-state index in [2.05, 4.69) is 23.0 Å². The van der Waals surface area contributed by atoms with Gasteiger partial charge >= 0.3 is 6.18 Å². The SMILES string of the molecule is CC1=Nc2cc(C(NNCC(F)(F)F)=C3CCC3)ccc2Sc2ccccc21. The van der Waals surface area contributed by atoms with Gasteiger partial charge in [0.2, 0.25) is 0 Å². The van der Waals surface area contributed by atoms with Crippen LogP contribution >= 0.6 is 11.8 Å². The third-order valence-electron chi connectivity index (χ3n) is 4.85. The van der Waals surface area contributed by atoms with Crippen molar-refractivity contribution >= 4 is 28.9 Å². The lowest BCUT2D eigenvalue weighted by Gasteiger charge is -2.24. The molecule has 2 aromatic rings. The number of hydrogen-bond donors (Lipinski definition) is 2. The molecule has 0 bridgehead atoms. The highest BCUT2D eigenvalue weighted by Gasteiger charge is 2.27. The summed E-state index contributed by atoms with van der Waals surface area (Å²) >= 11 is 1.66. The van der Waals surface area contributed by atoms with Crippen molar-refractivity contribution in [3.63, 3.8) is 0 Å². The molecule has 28 heavy (non-hydrogen) atoms. The van der Waals surface area contributed by atoms with Gasteiger partial charge in [-0.3, -0.25) is 4.99 Å². The molecule has 3 nitrogen and oxygen atoms in total. The molecule has 0 amide bonds. The third-order valence-corrected chi connectivity index (χ3v) is 5.99. The molecule has 0 radical (unpaired) electrons. The first-order valence-electron chi connectivity index (χ1n) is 9.15. The maximum Gasteiger partial charge on any atom is 0.402 e. The molecule has 0 spiro atoms. The van der Waals surface area contributed by atoms with Gasteiger partial charge in [0, 0.05) is 26.6 Å². The van der Waals surface area contributed by atoms with Gasteiger partial charge in [-0.25, -0.2) is 5.43 Å². The van der Waals surface area contributed by atoms with Crippen LogP contribution in [0.15, 0.2) is 62.8 Å². The van der Waals surface area contributed by atoms with E-state index in [1.807, 2.05) is 37.3 Å². The zero-order chi connectivity index (χ0) is 19.7. The van der Waals surface area contributed by atoms with Crippen molar-refractivity contribution in [2.45, 2.75) is 42.2 Å². The Morgan fingerprint density at radius 1 is 1.11 bits per heavy atom. The zero-order valence-electron chi connectivity index (χ0n) is 15.4. The van der Waals surface area contributed by atoms with E-state index in [4.69, 9.17) is 4.99 Å². The molecule has 1 aliphatic heterocycles. The van der Waals surface area contributed by atoms with Crippen LogP contribution in [-0.2, 0) is 0 Å². The van der Waals surface area contributed by atoms with Gasteiger partial charge in [0.25, 0.3) is 0 Å². The Labute approximate surface area is 166 Å². The Bertz CT molecular complexity index is 958. The number of hydrazine groups is 1. The van der Waals surface area contributed by atoms with Crippen molar-refractivity contribution in [1.82, 2.24) is 10.9 Å². The van der Waals surface area contributed by atoms with Crippen LogP contribution in [-0.4, -0.2) is 18.4 Å². The molecular weight excluding hydrogens is 383 g/mol. The fourth-order valence-electron chi connectivity index (χ4n) is 3.26. The quantitative estimate of drug-likeness (QED) is 0.630. The van der Waals surface area contributed by atoms with Gasteiger partial charge < -0.3 is 5.43 Å². The second-order valence-corrected chi connectivity index (χ2v) is 7.99. The van der Waals surface area contributed by atoms with E-state index in [1.165, 1.54) is 0 Å². The van der Waals surface area contributed by atoms with Crippen molar-refractivity contribution in [2.24, 2.45) is 4.99 Å². The lowest BCUT2D eigenvalue weighted by molar-refractivity contribution is -0.125.